The van der Waals surface area contributed by atoms with Gasteiger partial charge in [0.25, 0.3) is 0 Å². The Kier molecular flexibility index (Phi) is 4.11. The van der Waals surface area contributed by atoms with Gasteiger partial charge in [0.2, 0.25) is 0 Å². The van der Waals surface area contributed by atoms with Gasteiger partial charge in [0, 0.05) is 24.7 Å². The summed E-state index contributed by atoms with van der Waals surface area (Å²) in [4.78, 5) is 2.51. The lowest BCUT2D eigenvalue weighted by molar-refractivity contribution is 0.708. The molecule has 0 aromatic heterocycles. The maximum absolute atomic E-state index is 5.80. The zero-order valence-corrected chi connectivity index (χ0v) is 10.7. The molecule has 0 unspecified atom stereocenters. The largest absolute Gasteiger partial charge is 0.371 e. The highest BCUT2D eigenvalue weighted by atomic mass is 35.5. The van der Waals surface area contributed by atoms with Crippen LogP contribution in [0.25, 0.3) is 0 Å². The first kappa shape index (κ1) is 11.8. The van der Waals surface area contributed by atoms with Gasteiger partial charge in [0.05, 0.1) is 0 Å². The van der Waals surface area contributed by atoms with Gasteiger partial charge in [-0.25, -0.2) is 0 Å². The Bertz CT molecular complexity index is 316. The maximum atomic E-state index is 5.80. The van der Waals surface area contributed by atoms with Crippen molar-refractivity contribution in [2.75, 3.05) is 18.0 Å². The number of nitrogens with zero attached hydrogens (tertiary/aromatic N) is 1. The molecular formula is C14H20ClN. The fourth-order valence-corrected chi connectivity index (χ4v) is 2.18. The van der Waals surface area contributed by atoms with Crippen LogP contribution in [0.3, 0.4) is 0 Å². The predicted molar refractivity (Wildman–Crippen MR) is 71.2 cm³/mol. The smallest absolute Gasteiger partial charge is 0.0474 e. The van der Waals surface area contributed by atoms with Crippen LogP contribution in [0.1, 0.15) is 31.7 Å². The topological polar surface area (TPSA) is 3.24 Å². The lowest BCUT2D eigenvalue weighted by Gasteiger charge is -2.24. The summed E-state index contributed by atoms with van der Waals surface area (Å²) >= 11 is 5.80. The van der Waals surface area contributed by atoms with E-state index in [9.17, 15) is 0 Å². The van der Waals surface area contributed by atoms with Gasteiger partial charge >= 0.3 is 0 Å². The van der Waals surface area contributed by atoms with Gasteiger partial charge in [-0.2, -0.15) is 0 Å². The number of alkyl halides is 1. The Labute approximate surface area is 103 Å². The van der Waals surface area contributed by atoms with Crippen molar-refractivity contribution in [3.63, 3.8) is 0 Å². The van der Waals surface area contributed by atoms with Crippen molar-refractivity contribution in [2.24, 2.45) is 5.92 Å². The molecule has 0 radical (unpaired) electrons. The van der Waals surface area contributed by atoms with E-state index in [0.29, 0.717) is 5.88 Å². The van der Waals surface area contributed by atoms with Crippen molar-refractivity contribution in [1.82, 2.24) is 0 Å². The van der Waals surface area contributed by atoms with Crippen LogP contribution in [0, 0.1) is 5.92 Å². The highest BCUT2D eigenvalue weighted by Crippen LogP contribution is 2.31. The third kappa shape index (κ3) is 3.15. The molecule has 0 atom stereocenters. The molecule has 1 saturated carbocycles. The summed E-state index contributed by atoms with van der Waals surface area (Å²) < 4.78 is 0. The standard InChI is InChI=1S/C14H20ClN/c1-2-9-16(11-13-3-4-13)14-7-5-12(10-15)6-8-14/h5-8,13H,2-4,9-11H2,1H3. The second kappa shape index (κ2) is 5.58. The highest BCUT2D eigenvalue weighted by molar-refractivity contribution is 6.17. The molecule has 1 aromatic rings. The Balaban J connectivity index is 2.03. The number of anilines is 1. The fourth-order valence-electron chi connectivity index (χ4n) is 2.00. The maximum Gasteiger partial charge on any atom is 0.0474 e. The molecule has 1 aliphatic carbocycles. The van der Waals surface area contributed by atoms with Crippen molar-refractivity contribution < 1.29 is 0 Å². The Morgan fingerprint density at radius 1 is 1.25 bits per heavy atom. The molecule has 1 aromatic carbocycles. The van der Waals surface area contributed by atoms with Crippen LogP contribution in [0.4, 0.5) is 5.69 Å². The van der Waals surface area contributed by atoms with Crippen molar-refractivity contribution in [3.8, 4) is 0 Å². The Hall–Kier alpha value is -0.690. The van der Waals surface area contributed by atoms with Crippen molar-refractivity contribution in [2.45, 2.75) is 32.1 Å². The molecule has 0 spiro atoms. The monoisotopic (exact) mass is 237 g/mol. The molecule has 88 valence electrons. The molecule has 16 heavy (non-hydrogen) atoms. The van der Waals surface area contributed by atoms with Gasteiger partial charge in [-0.3, -0.25) is 0 Å². The number of halogens is 1. The molecule has 2 heteroatoms. The lowest BCUT2D eigenvalue weighted by Crippen LogP contribution is -2.26. The number of benzene rings is 1. The lowest BCUT2D eigenvalue weighted by atomic mass is 10.2. The first-order chi connectivity index (χ1) is 7.83. The average molecular weight is 238 g/mol. The summed E-state index contributed by atoms with van der Waals surface area (Å²) in [7, 11) is 0. The Morgan fingerprint density at radius 3 is 2.44 bits per heavy atom. The van der Waals surface area contributed by atoms with E-state index < -0.39 is 0 Å². The number of hydrogen-bond acceptors (Lipinski definition) is 1. The average Bonchev–Trinajstić information content (AvgIpc) is 3.13. The van der Waals surface area contributed by atoms with Gasteiger partial charge in [-0.1, -0.05) is 19.1 Å². The van der Waals surface area contributed by atoms with E-state index in [2.05, 4.69) is 36.1 Å². The zero-order valence-electron chi connectivity index (χ0n) is 9.95. The first-order valence-corrected chi connectivity index (χ1v) is 6.76. The first-order valence-electron chi connectivity index (χ1n) is 6.23. The number of hydrogen-bond donors (Lipinski definition) is 0. The van der Waals surface area contributed by atoms with Crippen molar-refractivity contribution in [1.29, 1.82) is 0 Å². The molecule has 2 rings (SSSR count). The molecular weight excluding hydrogens is 218 g/mol. The van der Waals surface area contributed by atoms with Crippen LogP contribution in [0.2, 0.25) is 0 Å². The van der Waals surface area contributed by atoms with E-state index in [4.69, 9.17) is 11.6 Å². The second-order valence-electron chi connectivity index (χ2n) is 4.69. The molecule has 0 saturated heterocycles. The van der Waals surface area contributed by atoms with Gasteiger partial charge in [0.15, 0.2) is 0 Å². The normalized spacial score (nSPS) is 15.1. The molecule has 1 fully saturated rings. The summed E-state index contributed by atoms with van der Waals surface area (Å²) in [5, 5.41) is 0. The zero-order chi connectivity index (χ0) is 11.4. The van der Waals surface area contributed by atoms with Gasteiger partial charge in [0.1, 0.15) is 0 Å². The predicted octanol–water partition coefficient (Wildman–Crippen LogP) is 4.05. The summed E-state index contributed by atoms with van der Waals surface area (Å²) in [6.07, 6.45) is 4.05. The van der Waals surface area contributed by atoms with Crippen LogP contribution < -0.4 is 4.90 Å². The minimum Gasteiger partial charge on any atom is -0.371 e. The van der Waals surface area contributed by atoms with E-state index in [1.807, 2.05) is 0 Å². The van der Waals surface area contributed by atoms with Crippen LogP contribution in [0.15, 0.2) is 24.3 Å². The molecule has 0 bridgehead atoms. The second-order valence-corrected chi connectivity index (χ2v) is 4.96. The van der Waals surface area contributed by atoms with Crippen LogP contribution in [-0.4, -0.2) is 13.1 Å². The van der Waals surface area contributed by atoms with E-state index in [1.165, 1.54) is 37.1 Å². The molecule has 0 heterocycles. The fraction of sp³-hybridized carbons (Fsp3) is 0.571. The molecule has 0 N–H and O–H groups in total. The van der Waals surface area contributed by atoms with E-state index >= 15 is 0 Å². The van der Waals surface area contributed by atoms with Crippen LogP contribution >= 0.6 is 11.6 Å². The molecule has 0 amide bonds. The van der Waals surface area contributed by atoms with Crippen molar-refractivity contribution >= 4 is 17.3 Å². The highest BCUT2D eigenvalue weighted by Gasteiger charge is 2.24. The molecule has 1 aliphatic rings. The van der Waals surface area contributed by atoms with Gasteiger partial charge in [-0.15, -0.1) is 11.6 Å². The quantitative estimate of drug-likeness (QED) is 0.675. The van der Waals surface area contributed by atoms with Crippen LogP contribution in [0.5, 0.6) is 0 Å². The van der Waals surface area contributed by atoms with E-state index in [0.717, 1.165) is 12.5 Å². The molecule has 0 aliphatic heterocycles. The summed E-state index contributed by atoms with van der Waals surface area (Å²) in [5.74, 6) is 1.55. The summed E-state index contributed by atoms with van der Waals surface area (Å²) in [5.41, 5.74) is 2.55. The summed E-state index contributed by atoms with van der Waals surface area (Å²) in [6, 6.07) is 8.68. The third-order valence-electron chi connectivity index (χ3n) is 3.12. The minimum absolute atomic E-state index is 0.608. The van der Waals surface area contributed by atoms with Crippen LogP contribution in [-0.2, 0) is 5.88 Å². The minimum atomic E-state index is 0.608. The van der Waals surface area contributed by atoms with Crippen molar-refractivity contribution in [3.05, 3.63) is 29.8 Å². The number of rotatable bonds is 6. The Morgan fingerprint density at radius 2 is 1.94 bits per heavy atom. The third-order valence-corrected chi connectivity index (χ3v) is 3.43. The SMILES string of the molecule is CCCN(CC1CC1)c1ccc(CCl)cc1. The molecule has 1 nitrogen and oxygen atoms in total. The van der Waals surface area contributed by atoms with Gasteiger partial charge < -0.3 is 4.90 Å². The van der Waals surface area contributed by atoms with E-state index in [-0.39, 0.29) is 0 Å². The summed E-state index contributed by atoms with van der Waals surface area (Å²) in [6.45, 7) is 4.64. The van der Waals surface area contributed by atoms with E-state index in [1.54, 1.807) is 0 Å². The van der Waals surface area contributed by atoms with Gasteiger partial charge in [-0.05, 0) is 42.9 Å².